The van der Waals surface area contributed by atoms with E-state index in [1.165, 1.54) is 30.4 Å². The minimum absolute atomic E-state index is 0.0439. The summed E-state index contributed by atoms with van der Waals surface area (Å²) in [7, 11) is 2.72. The molecule has 0 aromatic carbocycles. The maximum Gasteiger partial charge on any atom is 0.333 e. The Hall–Kier alpha value is -2.68. The van der Waals surface area contributed by atoms with Crippen LogP contribution in [0, 0.1) is 0 Å². The summed E-state index contributed by atoms with van der Waals surface area (Å²) in [6.07, 6.45) is 0.573. The van der Waals surface area contributed by atoms with Crippen LogP contribution in [0.2, 0.25) is 0 Å². The third-order valence-electron chi connectivity index (χ3n) is 4.26. The summed E-state index contributed by atoms with van der Waals surface area (Å²) in [5.74, 6) is -0.614. The van der Waals surface area contributed by atoms with Crippen LogP contribution in [-0.2, 0) is 18.9 Å². The van der Waals surface area contributed by atoms with Crippen LogP contribution >= 0.6 is 11.3 Å². The van der Waals surface area contributed by atoms with E-state index in [0.29, 0.717) is 12.1 Å². The molecule has 0 bridgehead atoms. The standard InChI is InChI=1S/C16H18N4O4S/c1-4-12(21)20-10(11-6-5-7-25-11)8-9(17-20)13-14(22)18(2)16(24)19(3)15(13)23/h5-7,10,22H,4,8H2,1-3H3/t10-/m0/s1. The van der Waals surface area contributed by atoms with Crippen molar-refractivity contribution in [2.24, 2.45) is 19.2 Å². The van der Waals surface area contributed by atoms with E-state index in [-0.39, 0.29) is 23.9 Å². The third kappa shape index (κ3) is 2.70. The molecule has 3 rings (SSSR count). The maximum atomic E-state index is 12.5. The Balaban J connectivity index is 2.15. The monoisotopic (exact) mass is 362 g/mol. The highest BCUT2D eigenvalue weighted by Gasteiger charge is 2.35. The molecule has 1 aliphatic rings. The predicted molar refractivity (Wildman–Crippen MR) is 93.9 cm³/mol. The summed E-state index contributed by atoms with van der Waals surface area (Å²) >= 11 is 1.50. The molecule has 0 aliphatic carbocycles. The molecule has 0 radical (unpaired) electrons. The number of amides is 1. The quantitative estimate of drug-likeness (QED) is 0.879. The van der Waals surface area contributed by atoms with Gasteiger partial charge in [-0.3, -0.25) is 18.7 Å². The lowest BCUT2D eigenvalue weighted by Crippen LogP contribution is -2.39. The Morgan fingerprint density at radius 2 is 2.08 bits per heavy atom. The van der Waals surface area contributed by atoms with E-state index in [1.54, 1.807) is 6.92 Å². The van der Waals surface area contributed by atoms with Gasteiger partial charge in [-0.1, -0.05) is 13.0 Å². The molecule has 132 valence electrons. The van der Waals surface area contributed by atoms with E-state index in [0.717, 1.165) is 14.0 Å². The summed E-state index contributed by atoms with van der Waals surface area (Å²) in [5.41, 5.74) is -0.998. The average Bonchev–Trinajstić information content (AvgIpc) is 3.27. The molecule has 1 amide bonds. The van der Waals surface area contributed by atoms with Crippen LogP contribution in [-0.4, -0.2) is 30.9 Å². The van der Waals surface area contributed by atoms with Crippen molar-refractivity contribution < 1.29 is 9.90 Å². The van der Waals surface area contributed by atoms with Gasteiger partial charge in [-0.05, 0) is 11.4 Å². The van der Waals surface area contributed by atoms with Gasteiger partial charge in [0.2, 0.25) is 11.8 Å². The normalized spacial score (nSPS) is 17.0. The van der Waals surface area contributed by atoms with Gasteiger partial charge in [0.25, 0.3) is 5.56 Å². The average molecular weight is 362 g/mol. The minimum atomic E-state index is -0.630. The van der Waals surface area contributed by atoms with Gasteiger partial charge in [0.15, 0.2) is 0 Å². The Bertz CT molecular complexity index is 971. The molecule has 1 N–H and O–H groups in total. The van der Waals surface area contributed by atoms with Crippen molar-refractivity contribution >= 4 is 23.0 Å². The Kier molecular flexibility index (Phi) is 4.34. The number of nitrogens with zero attached hydrogens (tertiary/aromatic N) is 4. The first kappa shape index (κ1) is 17.2. The Morgan fingerprint density at radius 1 is 1.36 bits per heavy atom. The molecule has 0 fully saturated rings. The predicted octanol–water partition coefficient (Wildman–Crippen LogP) is 0.939. The number of aromatic nitrogens is 2. The van der Waals surface area contributed by atoms with Crippen LogP contribution in [0.5, 0.6) is 5.88 Å². The second-order valence-corrected chi connectivity index (χ2v) is 6.76. The summed E-state index contributed by atoms with van der Waals surface area (Å²) in [4.78, 5) is 37.6. The first-order valence-corrected chi connectivity index (χ1v) is 8.67. The Labute approximate surface area is 147 Å². The van der Waals surface area contributed by atoms with Crippen molar-refractivity contribution in [1.82, 2.24) is 14.1 Å². The van der Waals surface area contributed by atoms with E-state index >= 15 is 0 Å². The van der Waals surface area contributed by atoms with Crippen LogP contribution in [0.1, 0.15) is 36.2 Å². The molecule has 3 heterocycles. The van der Waals surface area contributed by atoms with Crippen LogP contribution in [0.3, 0.4) is 0 Å². The first-order chi connectivity index (χ1) is 11.9. The van der Waals surface area contributed by atoms with Gasteiger partial charge in [0.05, 0.1) is 11.8 Å². The highest BCUT2D eigenvalue weighted by Crippen LogP contribution is 2.35. The zero-order chi connectivity index (χ0) is 18.3. The van der Waals surface area contributed by atoms with Crippen molar-refractivity contribution in [2.75, 3.05) is 0 Å². The molecule has 0 unspecified atom stereocenters. The van der Waals surface area contributed by atoms with Crippen molar-refractivity contribution in [3.05, 3.63) is 48.8 Å². The maximum absolute atomic E-state index is 12.5. The zero-order valence-corrected chi connectivity index (χ0v) is 14.9. The summed E-state index contributed by atoms with van der Waals surface area (Å²) in [5, 5.41) is 17.9. The summed E-state index contributed by atoms with van der Waals surface area (Å²) in [6.45, 7) is 1.74. The molecule has 0 saturated carbocycles. The third-order valence-corrected chi connectivity index (χ3v) is 5.24. The summed E-state index contributed by atoms with van der Waals surface area (Å²) in [6, 6.07) is 3.47. The number of aromatic hydroxyl groups is 1. The first-order valence-electron chi connectivity index (χ1n) is 7.79. The number of thiophene rings is 1. The van der Waals surface area contributed by atoms with Crippen molar-refractivity contribution in [3.63, 3.8) is 0 Å². The molecule has 1 atom stereocenters. The smallest absolute Gasteiger partial charge is 0.333 e. The van der Waals surface area contributed by atoms with Crippen LogP contribution in [0.25, 0.3) is 0 Å². The number of carbonyl (C=O) groups is 1. The van der Waals surface area contributed by atoms with Crippen LogP contribution < -0.4 is 11.2 Å². The largest absolute Gasteiger partial charge is 0.494 e. The molecule has 8 nitrogen and oxygen atoms in total. The fourth-order valence-electron chi connectivity index (χ4n) is 2.84. The fraction of sp³-hybridized carbons (Fsp3) is 0.375. The molecule has 25 heavy (non-hydrogen) atoms. The highest BCUT2D eigenvalue weighted by molar-refractivity contribution is 7.10. The molecule has 1 aliphatic heterocycles. The zero-order valence-electron chi connectivity index (χ0n) is 14.1. The molecular formula is C16H18N4O4S. The molecule has 0 saturated heterocycles. The highest BCUT2D eigenvalue weighted by atomic mass is 32.1. The van der Waals surface area contributed by atoms with E-state index < -0.39 is 17.1 Å². The van der Waals surface area contributed by atoms with Gasteiger partial charge in [0, 0.05) is 31.8 Å². The second kappa shape index (κ2) is 6.32. The molecule has 2 aromatic heterocycles. The van der Waals surface area contributed by atoms with Crippen molar-refractivity contribution in [3.8, 4) is 5.88 Å². The molecular weight excluding hydrogens is 344 g/mol. The number of hydrogen-bond donors (Lipinski definition) is 1. The van der Waals surface area contributed by atoms with Gasteiger partial charge in [0.1, 0.15) is 5.56 Å². The lowest BCUT2D eigenvalue weighted by molar-refractivity contribution is -0.132. The Morgan fingerprint density at radius 3 is 2.68 bits per heavy atom. The van der Waals surface area contributed by atoms with Crippen LogP contribution in [0.4, 0.5) is 0 Å². The lowest BCUT2D eigenvalue weighted by Gasteiger charge is -2.19. The van der Waals surface area contributed by atoms with Gasteiger partial charge in [-0.15, -0.1) is 11.3 Å². The minimum Gasteiger partial charge on any atom is -0.494 e. The van der Waals surface area contributed by atoms with Gasteiger partial charge in [-0.2, -0.15) is 5.10 Å². The van der Waals surface area contributed by atoms with E-state index in [9.17, 15) is 19.5 Å². The van der Waals surface area contributed by atoms with Crippen LogP contribution in [0.15, 0.2) is 32.2 Å². The molecule has 9 heteroatoms. The number of hydrogen-bond acceptors (Lipinski definition) is 6. The van der Waals surface area contributed by atoms with E-state index in [4.69, 9.17) is 0 Å². The lowest BCUT2D eigenvalue weighted by atomic mass is 10.0. The number of hydrazone groups is 1. The van der Waals surface area contributed by atoms with E-state index in [1.807, 2.05) is 17.5 Å². The van der Waals surface area contributed by atoms with E-state index in [2.05, 4.69) is 5.10 Å². The second-order valence-electron chi connectivity index (χ2n) is 5.78. The fourth-order valence-corrected chi connectivity index (χ4v) is 3.65. The molecule has 2 aromatic rings. The van der Waals surface area contributed by atoms with Crippen molar-refractivity contribution in [2.45, 2.75) is 25.8 Å². The SMILES string of the molecule is CCC(=O)N1N=C(c2c(O)n(C)c(=O)n(C)c2=O)C[C@H]1c1cccs1. The molecule has 0 spiro atoms. The van der Waals surface area contributed by atoms with Crippen molar-refractivity contribution in [1.29, 1.82) is 0 Å². The number of rotatable bonds is 3. The number of carbonyl (C=O) groups excluding carboxylic acids is 1. The summed E-state index contributed by atoms with van der Waals surface area (Å²) < 4.78 is 1.91. The van der Waals surface area contributed by atoms with Gasteiger partial charge < -0.3 is 5.11 Å². The van der Waals surface area contributed by atoms with Gasteiger partial charge >= 0.3 is 5.69 Å². The topological polar surface area (TPSA) is 96.9 Å². The van der Waals surface area contributed by atoms with Gasteiger partial charge in [-0.25, -0.2) is 9.80 Å².